The molecule has 2 heterocycles. The van der Waals surface area contributed by atoms with Crippen LogP contribution in [0.15, 0.2) is 59.6 Å². The number of fused-ring (bicyclic) bond motifs is 1. The number of likely N-dealkylation sites (tertiary alicyclic amines) is 1. The zero-order valence-electron chi connectivity index (χ0n) is 22.6. The molecule has 0 radical (unpaired) electrons. The predicted octanol–water partition coefficient (Wildman–Crippen LogP) is 6.56. The van der Waals surface area contributed by atoms with Crippen molar-refractivity contribution < 1.29 is 19.4 Å². The monoisotopic (exact) mass is 536 g/mol. The number of pyridine rings is 1. The summed E-state index contributed by atoms with van der Waals surface area (Å²) >= 11 is 1.88. The van der Waals surface area contributed by atoms with E-state index in [4.69, 9.17) is 9.47 Å². The van der Waals surface area contributed by atoms with Crippen LogP contribution in [0.1, 0.15) is 44.1 Å². The summed E-state index contributed by atoms with van der Waals surface area (Å²) in [6, 6.07) is 16.4. The number of methoxy groups -OCH3 is 2. The van der Waals surface area contributed by atoms with E-state index in [1.807, 2.05) is 42.2 Å². The van der Waals surface area contributed by atoms with E-state index in [1.54, 1.807) is 14.2 Å². The van der Waals surface area contributed by atoms with Gasteiger partial charge in [-0.25, -0.2) is 0 Å². The second-order valence-electron chi connectivity index (χ2n) is 10.2. The highest BCUT2D eigenvalue weighted by Crippen LogP contribution is 2.33. The van der Waals surface area contributed by atoms with Gasteiger partial charge >= 0.3 is 5.97 Å². The number of piperidine rings is 1. The van der Waals surface area contributed by atoms with Crippen molar-refractivity contribution in [3.8, 4) is 11.5 Å². The minimum Gasteiger partial charge on any atom is -0.497 e. The van der Waals surface area contributed by atoms with Gasteiger partial charge in [0, 0.05) is 29.4 Å². The third-order valence-electron chi connectivity index (χ3n) is 7.71. The van der Waals surface area contributed by atoms with Gasteiger partial charge in [-0.1, -0.05) is 0 Å². The molecule has 6 nitrogen and oxygen atoms in total. The van der Waals surface area contributed by atoms with Crippen LogP contribution in [-0.4, -0.2) is 60.6 Å². The second-order valence-corrected chi connectivity index (χ2v) is 11.3. The number of ether oxygens (including phenoxy) is 2. The first-order valence-corrected chi connectivity index (χ1v) is 14.7. The van der Waals surface area contributed by atoms with Crippen molar-refractivity contribution in [2.75, 3.05) is 39.6 Å². The number of aromatic nitrogens is 1. The highest BCUT2D eigenvalue weighted by molar-refractivity contribution is 7.99. The normalized spacial score (nSPS) is 17.9. The zero-order valence-corrected chi connectivity index (χ0v) is 23.4. The van der Waals surface area contributed by atoms with Crippen LogP contribution < -0.4 is 9.47 Å². The van der Waals surface area contributed by atoms with E-state index in [2.05, 4.69) is 34.1 Å². The number of aliphatic carboxylic acids is 1. The number of carboxylic acid groups (broad SMARTS) is 1. The summed E-state index contributed by atoms with van der Waals surface area (Å²) in [4.78, 5) is 19.7. The lowest BCUT2D eigenvalue weighted by Gasteiger charge is -2.39. The van der Waals surface area contributed by atoms with Gasteiger partial charge in [-0.3, -0.25) is 9.78 Å². The molecule has 7 heteroatoms. The van der Waals surface area contributed by atoms with Gasteiger partial charge in [0.2, 0.25) is 0 Å². The molecule has 0 aliphatic carbocycles. The van der Waals surface area contributed by atoms with E-state index in [1.165, 1.54) is 10.5 Å². The average molecular weight is 537 g/mol. The minimum absolute atomic E-state index is 0.261. The Kier molecular flexibility index (Phi) is 10.7. The summed E-state index contributed by atoms with van der Waals surface area (Å²) in [5, 5.41) is 10.5. The molecular weight excluding hydrogens is 496 g/mol. The number of aryl methyl sites for hydroxylation is 1. The van der Waals surface area contributed by atoms with E-state index in [9.17, 15) is 9.90 Å². The Bertz CT molecular complexity index is 1170. The van der Waals surface area contributed by atoms with Gasteiger partial charge in [-0.05, 0) is 123 Å². The first kappa shape index (κ1) is 28.2. The molecule has 1 aromatic heterocycles. The Hall–Kier alpha value is -2.77. The molecule has 2 atom stereocenters. The summed E-state index contributed by atoms with van der Waals surface area (Å²) in [6.07, 6.45) is 8.45. The van der Waals surface area contributed by atoms with Gasteiger partial charge in [0.1, 0.15) is 11.5 Å². The van der Waals surface area contributed by atoms with E-state index >= 15 is 0 Å². The standard InChI is InChI=1S/C31H40N2O4S/c1-36-26-8-11-28(12-9-26)38-20-4-18-33-19-16-23(25(22-33)7-14-31(34)35)5-3-6-24-15-17-32-30-13-10-27(37-2)21-29(24)30/h8-13,15,17,21,23,25H,3-7,14,16,18-20,22H2,1-2H3,(H,34,35). The van der Waals surface area contributed by atoms with Gasteiger partial charge < -0.3 is 19.5 Å². The van der Waals surface area contributed by atoms with E-state index in [0.29, 0.717) is 11.8 Å². The number of nitrogens with zero attached hydrogens (tertiary/aromatic N) is 2. The Morgan fingerprint density at radius 1 is 1.03 bits per heavy atom. The summed E-state index contributed by atoms with van der Waals surface area (Å²) in [5.74, 6) is 3.17. The van der Waals surface area contributed by atoms with Crippen LogP contribution in [0.4, 0.5) is 0 Å². The number of thioether (sulfide) groups is 1. The summed E-state index contributed by atoms with van der Waals surface area (Å²) in [5.41, 5.74) is 2.31. The molecule has 0 amide bonds. The predicted molar refractivity (Wildman–Crippen MR) is 154 cm³/mol. The van der Waals surface area contributed by atoms with E-state index in [-0.39, 0.29) is 6.42 Å². The Morgan fingerprint density at radius 3 is 2.58 bits per heavy atom. The van der Waals surface area contributed by atoms with Gasteiger partial charge in [-0.2, -0.15) is 0 Å². The number of carboxylic acids is 1. The highest BCUT2D eigenvalue weighted by Gasteiger charge is 2.29. The molecule has 1 saturated heterocycles. The number of carbonyl (C=O) groups is 1. The second kappa shape index (κ2) is 14.4. The lowest BCUT2D eigenvalue weighted by atomic mass is 9.79. The van der Waals surface area contributed by atoms with Crippen LogP contribution in [0.3, 0.4) is 0 Å². The van der Waals surface area contributed by atoms with Crippen molar-refractivity contribution in [2.24, 2.45) is 11.8 Å². The summed E-state index contributed by atoms with van der Waals surface area (Å²) in [6.45, 7) is 3.20. The smallest absolute Gasteiger partial charge is 0.303 e. The first-order chi connectivity index (χ1) is 18.6. The highest BCUT2D eigenvalue weighted by atomic mass is 32.2. The van der Waals surface area contributed by atoms with Gasteiger partial charge in [0.15, 0.2) is 0 Å². The summed E-state index contributed by atoms with van der Waals surface area (Å²) in [7, 11) is 3.38. The summed E-state index contributed by atoms with van der Waals surface area (Å²) < 4.78 is 10.7. The van der Waals surface area contributed by atoms with Gasteiger partial charge in [-0.15, -0.1) is 11.8 Å². The fourth-order valence-electron chi connectivity index (χ4n) is 5.61. The number of rotatable bonds is 14. The quantitative estimate of drug-likeness (QED) is 0.185. The molecule has 38 heavy (non-hydrogen) atoms. The van der Waals surface area contributed by atoms with Crippen molar-refractivity contribution in [3.63, 3.8) is 0 Å². The van der Waals surface area contributed by atoms with Crippen LogP contribution in [0.25, 0.3) is 10.9 Å². The van der Waals surface area contributed by atoms with Crippen molar-refractivity contribution in [3.05, 3.63) is 60.3 Å². The van der Waals surface area contributed by atoms with Gasteiger partial charge in [0.05, 0.1) is 19.7 Å². The third kappa shape index (κ3) is 8.11. The van der Waals surface area contributed by atoms with E-state index < -0.39 is 5.97 Å². The molecular formula is C31H40N2O4S. The maximum absolute atomic E-state index is 11.4. The molecule has 204 valence electrons. The number of benzene rings is 2. The molecule has 1 aliphatic heterocycles. The van der Waals surface area contributed by atoms with Crippen molar-refractivity contribution >= 4 is 28.6 Å². The lowest BCUT2D eigenvalue weighted by molar-refractivity contribution is -0.137. The van der Waals surface area contributed by atoms with Gasteiger partial charge in [0.25, 0.3) is 0 Å². The molecule has 1 fully saturated rings. The molecule has 2 aromatic carbocycles. The zero-order chi connectivity index (χ0) is 26.7. The van der Waals surface area contributed by atoms with Crippen molar-refractivity contribution in [1.29, 1.82) is 0 Å². The molecule has 0 saturated carbocycles. The number of hydrogen-bond acceptors (Lipinski definition) is 6. The molecule has 1 N–H and O–H groups in total. The van der Waals surface area contributed by atoms with Crippen molar-refractivity contribution in [2.45, 2.75) is 49.8 Å². The van der Waals surface area contributed by atoms with E-state index in [0.717, 1.165) is 86.3 Å². The fourth-order valence-corrected chi connectivity index (χ4v) is 6.44. The minimum atomic E-state index is -0.686. The van der Waals surface area contributed by atoms with Crippen LogP contribution in [0.5, 0.6) is 11.5 Å². The molecule has 2 unspecified atom stereocenters. The first-order valence-electron chi connectivity index (χ1n) is 13.7. The van der Waals surface area contributed by atoms with Crippen molar-refractivity contribution in [1.82, 2.24) is 9.88 Å². The molecule has 1 aliphatic rings. The molecule has 0 spiro atoms. The van der Waals surface area contributed by atoms with Crippen LogP contribution in [-0.2, 0) is 11.2 Å². The lowest BCUT2D eigenvalue weighted by Crippen LogP contribution is -2.41. The Labute approximate surface area is 230 Å². The fraction of sp³-hybridized carbons (Fsp3) is 0.484. The van der Waals surface area contributed by atoms with Crippen LogP contribution >= 0.6 is 11.8 Å². The maximum atomic E-state index is 11.4. The largest absolute Gasteiger partial charge is 0.497 e. The third-order valence-corrected chi connectivity index (χ3v) is 8.81. The Morgan fingerprint density at radius 2 is 1.82 bits per heavy atom. The molecule has 3 aromatic rings. The molecule has 0 bridgehead atoms. The SMILES string of the molecule is COc1ccc(SCCCN2CCC(CCCc3ccnc4ccc(OC)cc34)C(CCC(=O)O)C2)cc1. The topological polar surface area (TPSA) is 71.9 Å². The maximum Gasteiger partial charge on any atom is 0.303 e. The average Bonchev–Trinajstić information content (AvgIpc) is 2.95. The van der Waals surface area contributed by atoms with Crippen LogP contribution in [0.2, 0.25) is 0 Å². The Balaban J connectivity index is 1.27. The number of hydrogen-bond donors (Lipinski definition) is 1. The van der Waals surface area contributed by atoms with Crippen LogP contribution in [0, 0.1) is 11.8 Å². The molecule has 4 rings (SSSR count).